The highest BCUT2D eigenvalue weighted by Crippen LogP contribution is 2.11. The van der Waals surface area contributed by atoms with Gasteiger partial charge in [-0.15, -0.1) is 0 Å². The van der Waals surface area contributed by atoms with Gasteiger partial charge in [-0.1, -0.05) is 0 Å². The Kier molecular flexibility index (Phi) is 2.86. The smallest absolute Gasteiger partial charge is 0.238 e. The van der Waals surface area contributed by atoms with Gasteiger partial charge >= 0.3 is 0 Å². The molecular weight excluding hydrogens is 192 g/mol. The van der Waals surface area contributed by atoms with Crippen LogP contribution in [0.3, 0.4) is 0 Å². The van der Waals surface area contributed by atoms with Crippen LogP contribution in [0, 0.1) is 0 Å². The number of anilines is 1. The molecule has 0 heterocycles. The van der Waals surface area contributed by atoms with E-state index in [0.29, 0.717) is 5.69 Å². The van der Waals surface area contributed by atoms with Crippen LogP contribution in [0.15, 0.2) is 29.2 Å². The molecule has 0 aliphatic rings. The van der Waals surface area contributed by atoms with Gasteiger partial charge in [-0.25, -0.2) is 13.6 Å². The van der Waals surface area contributed by atoms with Gasteiger partial charge in [-0.2, -0.15) is 0 Å². The summed E-state index contributed by atoms with van der Waals surface area (Å²) in [6.07, 6.45) is 0. The average molecular weight is 202 g/mol. The van der Waals surface area contributed by atoms with Crippen LogP contribution in [0.4, 0.5) is 5.69 Å². The first kappa shape index (κ1) is 9.97. The summed E-state index contributed by atoms with van der Waals surface area (Å²) in [6, 6.07) is 5.92. The van der Waals surface area contributed by atoms with Crippen molar-refractivity contribution in [2.75, 3.05) is 12.6 Å². The summed E-state index contributed by atoms with van der Waals surface area (Å²) in [5.41, 5.74) is 3.21. The maximum atomic E-state index is 10.8. The molecule has 0 spiro atoms. The summed E-state index contributed by atoms with van der Waals surface area (Å²) >= 11 is 0. The summed E-state index contributed by atoms with van der Waals surface area (Å²) < 4.78 is 21.7. The van der Waals surface area contributed by atoms with Gasteiger partial charge < -0.3 is 0 Å². The van der Waals surface area contributed by atoms with Gasteiger partial charge in [-0.05, 0) is 24.3 Å². The van der Waals surface area contributed by atoms with Crippen molar-refractivity contribution < 1.29 is 13.3 Å². The van der Waals surface area contributed by atoms with Gasteiger partial charge in [0.15, 0.2) is 0 Å². The molecule has 72 valence electrons. The van der Waals surface area contributed by atoms with Crippen molar-refractivity contribution in [3.05, 3.63) is 24.3 Å². The summed E-state index contributed by atoms with van der Waals surface area (Å²) in [4.78, 5) is 4.70. The second-order valence-electron chi connectivity index (χ2n) is 2.38. The first-order valence-electron chi connectivity index (χ1n) is 3.46. The second kappa shape index (κ2) is 3.73. The number of hydrogen-bond acceptors (Lipinski definition) is 4. The fourth-order valence-electron chi connectivity index (χ4n) is 0.831. The molecule has 0 atom stereocenters. The van der Waals surface area contributed by atoms with Gasteiger partial charge in [-0.3, -0.25) is 10.3 Å². The molecule has 0 radical (unpaired) electrons. The third-order valence-corrected chi connectivity index (χ3v) is 2.33. The van der Waals surface area contributed by atoms with Crippen molar-refractivity contribution in [3.8, 4) is 0 Å². The molecule has 13 heavy (non-hydrogen) atoms. The normalized spacial score (nSPS) is 11.2. The van der Waals surface area contributed by atoms with Crippen molar-refractivity contribution in [3.63, 3.8) is 0 Å². The number of rotatable bonds is 3. The fraction of sp³-hybridized carbons (Fsp3) is 0.143. The van der Waals surface area contributed by atoms with Crippen LogP contribution in [-0.2, 0) is 14.9 Å². The van der Waals surface area contributed by atoms with E-state index < -0.39 is 10.0 Å². The predicted molar refractivity (Wildman–Crippen MR) is 48.4 cm³/mol. The molecule has 1 aromatic rings. The molecule has 0 aromatic heterocycles. The zero-order valence-corrected chi connectivity index (χ0v) is 7.84. The molecule has 0 fully saturated rings. The Hall–Kier alpha value is -1.11. The molecule has 0 saturated carbocycles. The maximum absolute atomic E-state index is 10.8. The highest BCUT2D eigenvalue weighted by molar-refractivity contribution is 7.89. The zero-order chi connectivity index (χ0) is 9.90. The third-order valence-electron chi connectivity index (χ3n) is 1.40. The van der Waals surface area contributed by atoms with E-state index in [4.69, 9.17) is 5.14 Å². The molecule has 0 bridgehead atoms. The first-order chi connectivity index (χ1) is 6.04. The van der Waals surface area contributed by atoms with Crippen LogP contribution in [0.2, 0.25) is 0 Å². The van der Waals surface area contributed by atoms with E-state index >= 15 is 0 Å². The molecule has 0 amide bonds. The molecule has 0 aliphatic heterocycles. The summed E-state index contributed by atoms with van der Waals surface area (Å²) in [5.74, 6) is 0. The Balaban J connectivity index is 2.94. The van der Waals surface area contributed by atoms with Crippen LogP contribution < -0.4 is 10.6 Å². The SMILES string of the molecule is CONc1ccc(S(N)(=O)=O)cc1. The fourth-order valence-corrected chi connectivity index (χ4v) is 1.35. The van der Waals surface area contributed by atoms with E-state index in [1.165, 1.54) is 19.2 Å². The highest BCUT2D eigenvalue weighted by atomic mass is 32.2. The van der Waals surface area contributed by atoms with Crippen LogP contribution in [0.5, 0.6) is 0 Å². The molecule has 0 unspecified atom stereocenters. The lowest BCUT2D eigenvalue weighted by molar-refractivity contribution is 0.271. The monoisotopic (exact) mass is 202 g/mol. The Morgan fingerprint density at radius 2 is 1.85 bits per heavy atom. The third kappa shape index (κ3) is 2.69. The minimum atomic E-state index is -3.60. The maximum Gasteiger partial charge on any atom is 0.238 e. The van der Waals surface area contributed by atoms with Gasteiger partial charge in [0.05, 0.1) is 17.7 Å². The first-order valence-corrected chi connectivity index (χ1v) is 5.00. The van der Waals surface area contributed by atoms with Crippen LogP contribution in [0.25, 0.3) is 0 Å². The predicted octanol–water partition coefficient (Wildman–Crippen LogP) is 0.307. The molecular formula is C7H10N2O3S. The van der Waals surface area contributed by atoms with Crippen molar-refractivity contribution in [1.82, 2.24) is 0 Å². The number of hydrogen-bond donors (Lipinski definition) is 2. The van der Waals surface area contributed by atoms with Crippen molar-refractivity contribution in [2.24, 2.45) is 5.14 Å². The number of nitrogens with one attached hydrogen (secondary N) is 1. The minimum Gasteiger partial charge on any atom is -0.279 e. The average Bonchev–Trinajstić information content (AvgIpc) is 2.04. The van der Waals surface area contributed by atoms with E-state index in [1.807, 2.05) is 0 Å². The lowest BCUT2D eigenvalue weighted by Gasteiger charge is -2.02. The summed E-state index contributed by atoms with van der Waals surface area (Å²) in [7, 11) is -2.14. The van der Waals surface area contributed by atoms with E-state index in [0.717, 1.165) is 0 Å². The number of primary sulfonamides is 1. The van der Waals surface area contributed by atoms with Gasteiger partial charge in [0.2, 0.25) is 10.0 Å². The van der Waals surface area contributed by atoms with Crippen molar-refractivity contribution >= 4 is 15.7 Å². The van der Waals surface area contributed by atoms with E-state index in [-0.39, 0.29) is 4.90 Å². The van der Waals surface area contributed by atoms with Gasteiger partial charge in [0, 0.05) is 0 Å². The molecule has 3 N–H and O–H groups in total. The molecule has 1 aromatic carbocycles. The lowest BCUT2D eigenvalue weighted by atomic mass is 10.3. The zero-order valence-electron chi connectivity index (χ0n) is 7.02. The van der Waals surface area contributed by atoms with E-state index in [1.54, 1.807) is 12.1 Å². The van der Waals surface area contributed by atoms with Crippen molar-refractivity contribution in [1.29, 1.82) is 0 Å². The van der Waals surface area contributed by atoms with Crippen LogP contribution in [-0.4, -0.2) is 15.5 Å². The molecule has 5 nitrogen and oxygen atoms in total. The Labute approximate surface area is 76.5 Å². The standard InChI is InChI=1S/C7H10N2O3S/c1-12-9-6-2-4-7(5-3-6)13(8,10)11/h2-5,9H,1H3,(H2,8,10,11). The Bertz CT molecular complexity index is 371. The summed E-state index contributed by atoms with van der Waals surface area (Å²) in [5, 5.41) is 4.90. The minimum absolute atomic E-state index is 0.0779. The molecule has 1 rings (SSSR count). The number of nitrogens with two attached hydrogens (primary N) is 1. The molecule has 6 heteroatoms. The van der Waals surface area contributed by atoms with Crippen LogP contribution >= 0.6 is 0 Å². The van der Waals surface area contributed by atoms with E-state index in [9.17, 15) is 8.42 Å². The molecule has 0 aliphatic carbocycles. The topological polar surface area (TPSA) is 81.4 Å². The Morgan fingerprint density at radius 1 is 1.31 bits per heavy atom. The largest absolute Gasteiger partial charge is 0.279 e. The van der Waals surface area contributed by atoms with Crippen molar-refractivity contribution in [2.45, 2.75) is 4.90 Å². The number of benzene rings is 1. The van der Waals surface area contributed by atoms with Crippen LogP contribution in [0.1, 0.15) is 0 Å². The second-order valence-corrected chi connectivity index (χ2v) is 3.94. The number of sulfonamides is 1. The summed E-state index contributed by atoms with van der Waals surface area (Å²) in [6.45, 7) is 0. The van der Waals surface area contributed by atoms with Gasteiger partial charge in [0.25, 0.3) is 0 Å². The lowest BCUT2D eigenvalue weighted by Crippen LogP contribution is -2.11. The van der Waals surface area contributed by atoms with Gasteiger partial charge in [0.1, 0.15) is 0 Å². The highest BCUT2D eigenvalue weighted by Gasteiger charge is 2.05. The Morgan fingerprint density at radius 3 is 2.23 bits per heavy atom. The van der Waals surface area contributed by atoms with E-state index in [2.05, 4.69) is 10.3 Å². The molecule has 0 saturated heterocycles. The quantitative estimate of drug-likeness (QED) is 0.691.